The Kier molecular flexibility index (Phi) is 15.7. The summed E-state index contributed by atoms with van der Waals surface area (Å²) in [5, 5.41) is 19.6. The van der Waals surface area contributed by atoms with Gasteiger partial charge in [-0.25, -0.2) is 9.59 Å². The maximum absolute atomic E-state index is 13.5. The molecule has 1 aromatic heterocycles. The van der Waals surface area contributed by atoms with E-state index in [-0.39, 0.29) is 37.9 Å². The highest BCUT2D eigenvalue weighted by Crippen LogP contribution is 2.29. The van der Waals surface area contributed by atoms with Gasteiger partial charge >= 0.3 is 18.4 Å². The Balaban J connectivity index is 1.60. The van der Waals surface area contributed by atoms with Gasteiger partial charge in [0.05, 0.1) is 35.6 Å². The normalized spacial score (nSPS) is 13.9. The van der Waals surface area contributed by atoms with Gasteiger partial charge < -0.3 is 36.8 Å². The van der Waals surface area contributed by atoms with Crippen molar-refractivity contribution in [1.29, 1.82) is 0 Å². The van der Waals surface area contributed by atoms with Gasteiger partial charge in [-0.05, 0) is 76.9 Å². The van der Waals surface area contributed by atoms with E-state index in [1.54, 1.807) is 33.9 Å². The van der Waals surface area contributed by atoms with E-state index >= 15 is 0 Å². The molecule has 294 valence electrons. The molecule has 3 atom stereocenters. The second kappa shape index (κ2) is 19.7. The smallest absolute Gasteiger partial charge is 0.416 e. The van der Waals surface area contributed by atoms with Crippen LogP contribution < -0.4 is 32.7 Å². The molecule has 15 nitrogen and oxygen atoms in total. The standard InChI is InChI=1S/C36H48F3N9O6/c1-35(2,3)54-34(53)47-32(46-33(51)52)42-16-17-48(4)26(20-40)9-7-10-27(41)30(49)45-29(18-22-12-14-24(15-13-22)36(37,38)39)31(50)44-25-19-23-8-5-6-11-28(23)43-21-25/h5-6,8,11-15,19,21,26-27,29H,7,9-10,16-18,20,40-41H2,1-4H3,(H,44,50)(H,45,49)(H,51,52)(H2,42,46,47,53)/t26?,27-,29-/m0/s1. The monoisotopic (exact) mass is 759 g/mol. The molecule has 18 heteroatoms. The number of likely N-dealkylation sites (N-methyl/N-ethyl adjacent to an activating group) is 1. The Hall–Kier alpha value is -5.33. The zero-order valence-corrected chi connectivity index (χ0v) is 30.6. The molecular weight excluding hydrogens is 711 g/mol. The van der Waals surface area contributed by atoms with Crippen LogP contribution in [0, 0.1) is 0 Å². The lowest BCUT2D eigenvalue weighted by Crippen LogP contribution is -2.51. The third-order valence-corrected chi connectivity index (χ3v) is 8.06. The molecule has 0 fully saturated rings. The summed E-state index contributed by atoms with van der Waals surface area (Å²) >= 11 is 0. The fourth-order valence-corrected chi connectivity index (χ4v) is 5.26. The third kappa shape index (κ3) is 14.6. The second-order valence-electron chi connectivity index (χ2n) is 13.6. The maximum atomic E-state index is 13.5. The van der Waals surface area contributed by atoms with Gasteiger partial charge in [0.1, 0.15) is 11.6 Å². The predicted octanol–water partition coefficient (Wildman–Crippen LogP) is 3.82. The number of carbonyl (C=O) groups is 4. The SMILES string of the molecule is CN(CCN=C(NC(=O)O)NC(=O)OC(C)(C)C)C(CN)CCC[C@H](N)C(=O)N[C@@H](Cc1ccc(C(F)(F)F)cc1)C(=O)Nc1cnc2ccccc2c1. The van der Waals surface area contributed by atoms with Gasteiger partial charge in [0, 0.05) is 30.9 Å². The number of nitrogens with one attached hydrogen (secondary N) is 4. The number of aliphatic imine (C=N–C) groups is 1. The number of anilines is 1. The molecule has 0 saturated carbocycles. The molecule has 0 radical (unpaired) electrons. The molecule has 1 heterocycles. The molecule has 3 aromatic rings. The summed E-state index contributed by atoms with van der Waals surface area (Å²) in [5.41, 5.74) is 12.1. The molecule has 0 aliphatic rings. The van der Waals surface area contributed by atoms with Crippen LogP contribution in [0.2, 0.25) is 0 Å². The summed E-state index contributed by atoms with van der Waals surface area (Å²) in [6.45, 7) is 5.65. The summed E-state index contributed by atoms with van der Waals surface area (Å²) in [6.07, 6.45) is -4.26. The number of nitrogens with two attached hydrogens (primary N) is 2. The lowest BCUT2D eigenvalue weighted by atomic mass is 10.0. The number of benzene rings is 2. The minimum atomic E-state index is -4.53. The van der Waals surface area contributed by atoms with Crippen LogP contribution in [0.15, 0.2) is 65.8 Å². The van der Waals surface area contributed by atoms with E-state index in [0.717, 1.165) is 17.5 Å². The summed E-state index contributed by atoms with van der Waals surface area (Å²) in [5.74, 6) is -1.53. The molecule has 0 spiro atoms. The van der Waals surface area contributed by atoms with Crippen LogP contribution in [0.25, 0.3) is 10.9 Å². The van der Waals surface area contributed by atoms with E-state index < -0.39 is 53.4 Å². The van der Waals surface area contributed by atoms with Gasteiger partial charge in [-0.15, -0.1) is 0 Å². The number of halogens is 3. The van der Waals surface area contributed by atoms with Crippen molar-refractivity contribution in [2.24, 2.45) is 16.5 Å². The van der Waals surface area contributed by atoms with Gasteiger partial charge in [0.25, 0.3) is 0 Å². The number of alkyl carbamates (subject to hydrolysis) is 1. The van der Waals surface area contributed by atoms with Crippen molar-refractivity contribution in [2.45, 2.75) is 76.4 Å². The molecule has 0 aliphatic carbocycles. The third-order valence-electron chi connectivity index (χ3n) is 8.06. The number of nitrogens with zero attached hydrogens (tertiary/aromatic N) is 3. The predicted molar refractivity (Wildman–Crippen MR) is 198 cm³/mol. The molecule has 1 unspecified atom stereocenters. The van der Waals surface area contributed by atoms with Gasteiger partial charge in [-0.2, -0.15) is 13.2 Å². The Labute approximate surface area is 311 Å². The summed E-state index contributed by atoms with van der Waals surface area (Å²) in [4.78, 5) is 60.3. The topological polar surface area (TPSA) is 226 Å². The number of rotatable bonds is 15. The first-order valence-corrected chi connectivity index (χ1v) is 17.2. The average Bonchev–Trinajstić information content (AvgIpc) is 3.08. The maximum Gasteiger partial charge on any atom is 0.416 e. The molecule has 0 saturated heterocycles. The summed E-state index contributed by atoms with van der Waals surface area (Å²) < 4.78 is 44.6. The van der Waals surface area contributed by atoms with Crippen LogP contribution >= 0.6 is 0 Å². The van der Waals surface area contributed by atoms with Crippen molar-refractivity contribution in [3.63, 3.8) is 0 Å². The fraction of sp³-hybridized carbons (Fsp3) is 0.444. The number of pyridine rings is 1. The van der Waals surface area contributed by atoms with Crippen LogP contribution in [-0.2, 0) is 26.9 Å². The van der Waals surface area contributed by atoms with Crippen LogP contribution in [0.5, 0.6) is 0 Å². The zero-order valence-electron chi connectivity index (χ0n) is 30.6. The fourth-order valence-electron chi connectivity index (χ4n) is 5.26. The van der Waals surface area contributed by atoms with E-state index in [1.165, 1.54) is 18.3 Å². The number of amides is 4. The number of guanidine groups is 1. The Morgan fingerprint density at radius 3 is 2.31 bits per heavy atom. The zero-order chi connectivity index (χ0) is 40.1. The number of alkyl halides is 3. The Morgan fingerprint density at radius 1 is 1.00 bits per heavy atom. The van der Waals surface area contributed by atoms with Crippen molar-refractivity contribution in [1.82, 2.24) is 25.8 Å². The number of para-hydroxylation sites is 1. The lowest BCUT2D eigenvalue weighted by Gasteiger charge is -2.27. The van der Waals surface area contributed by atoms with Gasteiger partial charge in [-0.1, -0.05) is 30.3 Å². The number of aromatic nitrogens is 1. The molecule has 2 aromatic carbocycles. The number of carbonyl (C=O) groups excluding carboxylic acids is 3. The largest absolute Gasteiger partial charge is 0.465 e. The summed E-state index contributed by atoms with van der Waals surface area (Å²) in [6, 6.07) is 10.9. The number of fused-ring (bicyclic) bond motifs is 1. The van der Waals surface area contributed by atoms with Crippen molar-refractivity contribution < 1.29 is 42.2 Å². The molecular formula is C36H48F3N9O6. The number of ether oxygens (including phenoxy) is 1. The highest BCUT2D eigenvalue weighted by atomic mass is 19.4. The minimum Gasteiger partial charge on any atom is -0.465 e. The lowest BCUT2D eigenvalue weighted by molar-refractivity contribution is -0.137. The van der Waals surface area contributed by atoms with Gasteiger partial charge in [0.15, 0.2) is 0 Å². The molecule has 4 amide bonds. The average molecular weight is 760 g/mol. The first-order chi connectivity index (χ1) is 25.3. The van der Waals surface area contributed by atoms with Crippen molar-refractivity contribution in [3.05, 3.63) is 71.9 Å². The van der Waals surface area contributed by atoms with Crippen molar-refractivity contribution in [3.8, 4) is 0 Å². The Morgan fingerprint density at radius 2 is 1.69 bits per heavy atom. The van der Waals surface area contributed by atoms with Crippen molar-refractivity contribution in [2.75, 3.05) is 32.0 Å². The van der Waals surface area contributed by atoms with Crippen molar-refractivity contribution >= 4 is 46.6 Å². The van der Waals surface area contributed by atoms with E-state index in [2.05, 4.69) is 25.9 Å². The molecule has 9 N–H and O–H groups in total. The highest BCUT2D eigenvalue weighted by molar-refractivity contribution is 6.01. The molecule has 0 aliphatic heterocycles. The second-order valence-corrected chi connectivity index (χ2v) is 13.6. The van der Waals surface area contributed by atoms with Crippen LogP contribution in [0.3, 0.4) is 0 Å². The first kappa shape index (κ1) is 43.1. The van der Waals surface area contributed by atoms with E-state index in [9.17, 15) is 32.3 Å². The van der Waals surface area contributed by atoms with E-state index in [1.807, 2.05) is 34.5 Å². The first-order valence-electron chi connectivity index (χ1n) is 17.2. The molecule has 0 bridgehead atoms. The highest BCUT2D eigenvalue weighted by Gasteiger charge is 2.31. The van der Waals surface area contributed by atoms with Gasteiger partial charge in [0.2, 0.25) is 17.8 Å². The number of hydrogen-bond donors (Lipinski definition) is 7. The van der Waals surface area contributed by atoms with Crippen LogP contribution in [0.4, 0.5) is 28.4 Å². The number of carboxylic acid groups (broad SMARTS) is 1. The quantitative estimate of drug-likeness (QED) is 0.0876. The number of hydrogen-bond acceptors (Lipinski definition) is 10. The van der Waals surface area contributed by atoms with E-state index in [4.69, 9.17) is 21.3 Å². The van der Waals surface area contributed by atoms with E-state index in [0.29, 0.717) is 36.2 Å². The minimum absolute atomic E-state index is 0.0952. The van der Waals surface area contributed by atoms with Crippen LogP contribution in [-0.4, -0.2) is 95.4 Å². The summed E-state index contributed by atoms with van der Waals surface area (Å²) in [7, 11) is 1.79. The molecule has 3 rings (SSSR count). The Bertz CT molecular complexity index is 1770. The molecule has 54 heavy (non-hydrogen) atoms. The van der Waals surface area contributed by atoms with Crippen LogP contribution in [0.1, 0.15) is 51.2 Å². The van der Waals surface area contributed by atoms with Gasteiger partial charge in [-0.3, -0.25) is 30.2 Å².